The van der Waals surface area contributed by atoms with Crippen LogP contribution in [0.2, 0.25) is 0 Å². The highest BCUT2D eigenvalue weighted by Crippen LogP contribution is 2.15. The molecule has 7 heteroatoms. The van der Waals surface area contributed by atoms with E-state index in [1.807, 2.05) is 7.05 Å². The zero-order valence-corrected chi connectivity index (χ0v) is 20.6. The summed E-state index contributed by atoms with van der Waals surface area (Å²) >= 11 is 0. The molecule has 0 spiro atoms. The molecule has 0 aliphatic carbocycles. The van der Waals surface area contributed by atoms with Gasteiger partial charge in [-0.05, 0) is 50.9 Å². The van der Waals surface area contributed by atoms with Crippen LogP contribution >= 0.6 is 24.0 Å². The smallest absolute Gasteiger partial charge is 0.191 e. The van der Waals surface area contributed by atoms with Gasteiger partial charge in [0.25, 0.3) is 0 Å². The second-order valence-corrected chi connectivity index (χ2v) is 8.49. The van der Waals surface area contributed by atoms with Crippen LogP contribution in [-0.4, -0.2) is 74.3 Å². The van der Waals surface area contributed by atoms with Crippen LogP contribution in [0.15, 0.2) is 29.3 Å². The lowest BCUT2D eigenvalue weighted by Crippen LogP contribution is -2.56. The Morgan fingerprint density at radius 3 is 2.24 bits per heavy atom. The third kappa shape index (κ3) is 7.70. The van der Waals surface area contributed by atoms with Crippen molar-refractivity contribution in [2.75, 3.05) is 53.0 Å². The van der Waals surface area contributed by atoms with Gasteiger partial charge in [0.2, 0.25) is 0 Å². The molecule has 3 rings (SSSR count). The zero-order valence-electron chi connectivity index (χ0n) is 18.2. The number of likely N-dealkylation sites (tertiary alicyclic amines) is 1. The maximum Gasteiger partial charge on any atom is 0.191 e. The molecule has 6 nitrogen and oxygen atoms in total. The summed E-state index contributed by atoms with van der Waals surface area (Å²) in [6.07, 6.45) is 2.69. The lowest BCUT2D eigenvalue weighted by molar-refractivity contribution is -0.00834. The number of ether oxygens (including phenoxy) is 1. The van der Waals surface area contributed by atoms with Crippen LogP contribution in [0.4, 0.5) is 0 Å². The Hall–Kier alpha value is -0.900. The van der Waals surface area contributed by atoms with E-state index in [0.717, 1.165) is 51.9 Å². The number of hydrogen-bond acceptors (Lipinski definition) is 4. The summed E-state index contributed by atoms with van der Waals surface area (Å²) in [6.45, 7) is 13.4. The van der Waals surface area contributed by atoms with E-state index in [4.69, 9.17) is 4.74 Å². The Labute approximate surface area is 193 Å². The quantitative estimate of drug-likeness (QED) is 0.333. The van der Waals surface area contributed by atoms with Crippen molar-refractivity contribution in [2.24, 2.45) is 4.99 Å². The van der Waals surface area contributed by atoms with E-state index in [2.05, 4.69) is 63.5 Å². The van der Waals surface area contributed by atoms with Crippen molar-refractivity contribution in [1.82, 2.24) is 20.4 Å². The van der Waals surface area contributed by atoms with E-state index in [9.17, 15) is 0 Å². The molecule has 2 aliphatic heterocycles. The molecule has 0 bridgehead atoms. The van der Waals surface area contributed by atoms with Gasteiger partial charge >= 0.3 is 0 Å². The monoisotopic (exact) mass is 515 g/mol. The van der Waals surface area contributed by atoms with E-state index in [0.29, 0.717) is 0 Å². The first kappa shape index (κ1) is 24.4. The molecular weight excluding hydrogens is 477 g/mol. The predicted molar refractivity (Wildman–Crippen MR) is 131 cm³/mol. The Kier molecular flexibility index (Phi) is 10.1. The first-order chi connectivity index (χ1) is 13.6. The fourth-order valence-electron chi connectivity index (χ4n) is 3.95. The minimum absolute atomic E-state index is 0. The normalized spacial score (nSPS) is 19.1. The number of nitrogens with zero attached hydrogens (tertiary/aromatic N) is 3. The number of guanidine groups is 1. The first-order valence-electron chi connectivity index (χ1n) is 10.6. The Balaban J connectivity index is 0.00000300. The SMILES string of the molecule is CN=C(NCc1ccc(CN2CCCC2)cc1)NCC(C)(C)N1CCOCC1.I. The molecule has 2 fully saturated rings. The molecule has 2 aliphatic rings. The molecule has 0 radical (unpaired) electrons. The van der Waals surface area contributed by atoms with E-state index in [-0.39, 0.29) is 29.5 Å². The molecular formula is C22H38IN5O. The van der Waals surface area contributed by atoms with E-state index in [1.54, 1.807) is 0 Å². The van der Waals surface area contributed by atoms with Gasteiger partial charge in [0, 0.05) is 45.3 Å². The second-order valence-electron chi connectivity index (χ2n) is 8.49. The Bertz CT molecular complexity index is 623. The average molecular weight is 515 g/mol. The standard InChI is InChI=1S/C22H37N5O.HI/c1-22(2,27-12-14-28-15-13-27)18-25-21(23-3)24-16-19-6-8-20(9-7-19)17-26-10-4-5-11-26;/h6-9H,4-5,10-18H2,1-3H3,(H2,23,24,25);1H. The molecule has 2 N–H and O–H groups in total. The third-order valence-electron chi connectivity index (χ3n) is 5.87. The van der Waals surface area contributed by atoms with Crippen LogP contribution in [0.1, 0.15) is 37.8 Å². The van der Waals surface area contributed by atoms with Gasteiger partial charge in [-0.1, -0.05) is 24.3 Å². The van der Waals surface area contributed by atoms with Gasteiger partial charge in [-0.2, -0.15) is 0 Å². The van der Waals surface area contributed by atoms with Crippen LogP contribution in [0.3, 0.4) is 0 Å². The van der Waals surface area contributed by atoms with Crippen LogP contribution in [-0.2, 0) is 17.8 Å². The molecule has 164 valence electrons. The van der Waals surface area contributed by atoms with Gasteiger partial charge in [0.15, 0.2) is 5.96 Å². The highest BCUT2D eigenvalue weighted by molar-refractivity contribution is 14.0. The van der Waals surface area contributed by atoms with Crippen LogP contribution < -0.4 is 10.6 Å². The maximum absolute atomic E-state index is 5.47. The Morgan fingerprint density at radius 2 is 1.62 bits per heavy atom. The summed E-state index contributed by atoms with van der Waals surface area (Å²) < 4.78 is 5.47. The lowest BCUT2D eigenvalue weighted by atomic mass is 10.0. The van der Waals surface area contributed by atoms with Gasteiger partial charge in [-0.25, -0.2) is 0 Å². The summed E-state index contributed by atoms with van der Waals surface area (Å²) in [6, 6.07) is 8.97. The molecule has 2 heterocycles. The number of morpholine rings is 1. The zero-order chi connectivity index (χ0) is 19.8. The molecule has 1 aromatic carbocycles. The van der Waals surface area contributed by atoms with Gasteiger partial charge in [-0.3, -0.25) is 14.8 Å². The highest BCUT2D eigenvalue weighted by Gasteiger charge is 2.28. The van der Waals surface area contributed by atoms with Crippen molar-refractivity contribution in [3.05, 3.63) is 35.4 Å². The van der Waals surface area contributed by atoms with Crippen LogP contribution in [0, 0.1) is 0 Å². The third-order valence-corrected chi connectivity index (χ3v) is 5.87. The number of halogens is 1. The molecule has 2 saturated heterocycles. The fraction of sp³-hybridized carbons (Fsp3) is 0.682. The predicted octanol–water partition coefficient (Wildman–Crippen LogP) is 2.68. The number of aliphatic imine (C=N–C) groups is 1. The number of nitrogens with one attached hydrogen (secondary N) is 2. The van der Waals surface area contributed by atoms with Crippen LogP contribution in [0.5, 0.6) is 0 Å². The molecule has 29 heavy (non-hydrogen) atoms. The molecule has 0 aromatic heterocycles. The summed E-state index contributed by atoms with van der Waals surface area (Å²) in [4.78, 5) is 9.40. The molecule has 0 atom stereocenters. The fourth-order valence-corrected chi connectivity index (χ4v) is 3.95. The van der Waals surface area contributed by atoms with Crippen molar-refractivity contribution < 1.29 is 4.74 Å². The van der Waals surface area contributed by atoms with Gasteiger partial charge in [-0.15, -0.1) is 24.0 Å². The first-order valence-corrected chi connectivity index (χ1v) is 10.6. The molecule has 0 unspecified atom stereocenters. The number of rotatable bonds is 7. The molecule has 1 aromatic rings. The minimum atomic E-state index is 0. The topological polar surface area (TPSA) is 52.1 Å². The summed E-state index contributed by atoms with van der Waals surface area (Å²) in [5.41, 5.74) is 2.75. The van der Waals surface area contributed by atoms with Crippen molar-refractivity contribution in [2.45, 2.75) is 45.3 Å². The van der Waals surface area contributed by atoms with Crippen molar-refractivity contribution >= 4 is 29.9 Å². The lowest BCUT2D eigenvalue weighted by Gasteiger charge is -2.41. The van der Waals surface area contributed by atoms with E-state index < -0.39 is 0 Å². The van der Waals surface area contributed by atoms with E-state index >= 15 is 0 Å². The molecule has 0 amide bonds. The minimum Gasteiger partial charge on any atom is -0.379 e. The van der Waals surface area contributed by atoms with Gasteiger partial charge in [0.1, 0.15) is 0 Å². The average Bonchev–Trinajstić information content (AvgIpc) is 3.23. The van der Waals surface area contributed by atoms with E-state index in [1.165, 1.54) is 37.1 Å². The largest absolute Gasteiger partial charge is 0.379 e. The van der Waals surface area contributed by atoms with Gasteiger partial charge in [0.05, 0.1) is 13.2 Å². The van der Waals surface area contributed by atoms with Crippen molar-refractivity contribution in [3.8, 4) is 0 Å². The van der Waals surface area contributed by atoms with Crippen molar-refractivity contribution in [1.29, 1.82) is 0 Å². The Morgan fingerprint density at radius 1 is 1.00 bits per heavy atom. The van der Waals surface area contributed by atoms with Crippen molar-refractivity contribution in [3.63, 3.8) is 0 Å². The number of benzene rings is 1. The summed E-state index contributed by atoms with van der Waals surface area (Å²) in [7, 11) is 1.83. The maximum atomic E-state index is 5.47. The number of hydrogen-bond donors (Lipinski definition) is 2. The van der Waals surface area contributed by atoms with Gasteiger partial charge < -0.3 is 15.4 Å². The van der Waals surface area contributed by atoms with Crippen LogP contribution in [0.25, 0.3) is 0 Å². The highest BCUT2D eigenvalue weighted by atomic mass is 127. The summed E-state index contributed by atoms with van der Waals surface area (Å²) in [5.74, 6) is 0.850. The summed E-state index contributed by atoms with van der Waals surface area (Å²) in [5, 5.41) is 6.93. The second kappa shape index (κ2) is 12.1. The molecule has 0 saturated carbocycles.